The second kappa shape index (κ2) is 6.85. The third-order valence-electron chi connectivity index (χ3n) is 4.62. The fourth-order valence-electron chi connectivity index (χ4n) is 3.33. The Morgan fingerprint density at radius 2 is 1.74 bits per heavy atom. The number of rotatable bonds is 3. The van der Waals surface area contributed by atoms with Gasteiger partial charge in [-0.1, -0.05) is 24.3 Å². The van der Waals surface area contributed by atoms with E-state index >= 15 is 0 Å². The second-order valence-electron chi connectivity index (χ2n) is 6.40. The fourth-order valence-corrected chi connectivity index (χ4v) is 3.52. The third kappa shape index (κ3) is 3.76. The summed E-state index contributed by atoms with van der Waals surface area (Å²) in [4.78, 5) is 8.34. The molecule has 2 aromatic carbocycles. The Morgan fingerprint density at radius 1 is 0.963 bits per heavy atom. The van der Waals surface area contributed by atoms with Gasteiger partial charge in [0.15, 0.2) is 0 Å². The van der Waals surface area contributed by atoms with Gasteiger partial charge in [-0.25, -0.2) is 9.97 Å². The topological polar surface area (TPSA) is 37.8 Å². The Labute approximate surface area is 159 Å². The van der Waals surface area contributed by atoms with Crippen molar-refractivity contribution in [3.63, 3.8) is 0 Å². The first-order valence-corrected chi connectivity index (χ1v) is 8.88. The maximum atomic E-state index is 12.7. The SMILES string of the molecule is FC(F)(F)c1ccc(-c2cc(Nc3cccc4c3CCC4)nc(Cl)n2)cc1. The molecule has 0 saturated carbocycles. The van der Waals surface area contributed by atoms with Crippen LogP contribution in [0, 0.1) is 0 Å². The van der Waals surface area contributed by atoms with Gasteiger partial charge < -0.3 is 5.32 Å². The number of hydrogen-bond donors (Lipinski definition) is 1. The minimum atomic E-state index is -4.37. The van der Waals surface area contributed by atoms with Crippen LogP contribution in [-0.4, -0.2) is 9.97 Å². The molecule has 3 aromatic rings. The number of fused-ring (bicyclic) bond motifs is 1. The van der Waals surface area contributed by atoms with Crippen LogP contribution in [0.1, 0.15) is 23.1 Å². The van der Waals surface area contributed by atoms with Crippen molar-refractivity contribution in [2.75, 3.05) is 5.32 Å². The van der Waals surface area contributed by atoms with Gasteiger partial charge >= 0.3 is 6.18 Å². The Hall–Kier alpha value is -2.60. The Bertz CT molecular complexity index is 985. The van der Waals surface area contributed by atoms with Crippen LogP contribution in [-0.2, 0) is 19.0 Å². The number of alkyl halides is 3. The highest BCUT2D eigenvalue weighted by molar-refractivity contribution is 6.28. The number of nitrogens with one attached hydrogen (secondary N) is 1. The molecule has 1 heterocycles. The van der Waals surface area contributed by atoms with Gasteiger partial charge in [0.1, 0.15) is 5.82 Å². The molecule has 1 aliphatic rings. The first-order chi connectivity index (χ1) is 12.9. The average molecular weight is 390 g/mol. The van der Waals surface area contributed by atoms with Gasteiger partial charge in [-0.05, 0) is 60.2 Å². The van der Waals surface area contributed by atoms with Gasteiger partial charge in [0.25, 0.3) is 0 Å². The zero-order valence-electron chi connectivity index (χ0n) is 14.1. The van der Waals surface area contributed by atoms with Crippen molar-refractivity contribution >= 4 is 23.1 Å². The normalized spacial score (nSPS) is 13.5. The highest BCUT2D eigenvalue weighted by Gasteiger charge is 2.30. The van der Waals surface area contributed by atoms with E-state index in [0.717, 1.165) is 37.1 Å². The molecule has 0 fully saturated rings. The fraction of sp³-hybridized carbons (Fsp3) is 0.200. The molecule has 0 unspecified atom stereocenters. The van der Waals surface area contributed by atoms with Gasteiger partial charge in [0, 0.05) is 17.3 Å². The van der Waals surface area contributed by atoms with Crippen molar-refractivity contribution in [1.29, 1.82) is 0 Å². The van der Waals surface area contributed by atoms with Crippen LogP contribution < -0.4 is 5.32 Å². The molecule has 0 aliphatic heterocycles. The summed E-state index contributed by atoms with van der Waals surface area (Å²) in [5.41, 5.74) is 3.85. The molecule has 0 atom stereocenters. The van der Waals surface area contributed by atoms with Crippen LogP contribution in [0.5, 0.6) is 0 Å². The minimum absolute atomic E-state index is 0.0301. The molecule has 0 radical (unpaired) electrons. The van der Waals surface area contributed by atoms with Crippen LogP contribution in [0.4, 0.5) is 24.7 Å². The summed E-state index contributed by atoms with van der Waals surface area (Å²) in [5.74, 6) is 0.505. The van der Waals surface area contributed by atoms with E-state index in [1.165, 1.54) is 23.3 Å². The number of benzene rings is 2. The first-order valence-electron chi connectivity index (χ1n) is 8.50. The summed E-state index contributed by atoms with van der Waals surface area (Å²) >= 11 is 6.05. The molecule has 0 bridgehead atoms. The predicted molar refractivity (Wildman–Crippen MR) is 99.2 cm³/mol. The molecule has 7 heteroatoms. The summed E-state index contributed by atoms with van der Waals surface area (Å²) in [7, 11) is 0. The number of aryl methyl sites for hydroxylation is 1. The number of aromatic nitrogens is 2. The van der Waals surface area contributed by atoms with E-state index in [9.17, 15) is 13.2 Å². The molecular weight excluding hydrogens is 375 g/mol. The van der Waals surface area contributed by atoms with Crippen LogP contribution in [0.2, 0.25) is 5.28 Å². The second-order valence-corrected chi connectivity index (χ2v) is 6.74. The van der Waals surface area contributed by atoms with Crippen molar-refractivity contribution in [2.45, 2.75) is 25.4 Å². The molecule has 0 spiro atoms. The monoisotopic (exact) mass is 389 g/mol. The zero-order chi connectivity index (χ0) is 19.0. The Morgan fingerprint density at radius 3 is 2.48 bits per heavy atom. The first kappa shape index (κ1) is 17.8. The number of hydrogen-bond acceptors (Lipinski definition) is 3. The minimum Gasteiger partial charge on any atom is -0.340 e. The van der Waals surface area contributed by atoms with E-state index in [0.29, 0.717) is 17.1 Å². The van der Waals surface area contributed by atoms with Crippen molar-refractivity contribution in [3.05, 3.63) is 70.5 Å². The molecule has 1 N–H and O–H groups in total. The van der Waals surface area contributed by atoms with Crippen LogP contribution in [0.15, 0.2) is 48.5 Å². The Kier molecular flexibility index (Phi) is 4.52. The van der Waals surface area contributed by atoms with Crippen LogP contribution in [0.3, 0.4) is 0 Å². The van der Waals surface area contributed by atoms with E-state index < -0.39 is 11.7 Å². The number of anilines is 2. The maximum absolute atomic E-state index is 12.7. The highest BCUT2D eigenvalue weighted by atomic mass is 35.5. The van der Waals surface area contributed by atoms with Gasteiger partial charge in [0.05, 0.1) is 11.3 Å². The molecule has 0 saturated heterocycles. The summed E-state index contributed by atoms with van der Waals surface area (Å²) < 4.78 is 38.2. The lowest BCUT2D eigenvalue weighted by Crippen LogP contribution is -2.04. The van der Waals surface area contributed by atoms with Crippen LogP contribution in [0.25, 0.3) is 11.3 Å². The largest absolute Gasteiger partial charge is 0.416 e. The molecule has 3 nitrogen and oxygen atoms in total. The smallest absolute Gasteiger partial charge is 0.340 e. The maximum Gasteiger partial charge on any atom is 0.416 e. The van der Waals surface area contributed by atoms with E-state index in [2.05, 4.69) is 21.4 Å². The quantitative estimate of drug-likeness (QED) is 0.554. The summed E-state index contributed by atoms with van der Waals surface area (Å²) in [5, 5.41) is 3.31. The standard InChI is InChI=1S/C20H15ClF3N3/c21-19-26-17(13-7-9-14(10-8-13)20(22,23)24)11-18(27-19)25-16-6-2-4-12-3-1-5-15(12)16/h2,4,6-11H,1,3,5H2,(H,25,26,27). The lowest BCUT2D eigenvalue weighted by atomic mass is 10.1. The zero-order valence-corrected chi connectivity index (χ0v) is 14.9. The van der Waals surface area contributed by atoms with Gasteiger partial charge in [0.2, 0.25) is 5.28 Å². The predicted octanol–water partition coefficient (Wildman–Crippen LogP) is 6.05. The third-order valence-corrected chi connectivity index (χ3v) is 4.78. The highest BCUT2D eigenvalue weighted by Crippen LogP contribution is 2.33. The lowest BCUT2D eigenvalue weighted by Gasteiger charge is -2.12. The number of nitrogens with zero attached hydrogens (tertiary/aromatic N) is 2. The molecule has 1 aromatic heterocycles. The molecule has 1 aliphatic carbocycles. The Balaban J connectivity index is 1.65. The summed E-state index contributed by atoms with van der Waals surface area (Å²) in [6.07, 6.45) is -1.19. The molecule has 27 heavy (non-hydrogen) atoms. The van der Waals surface area contributed by atoms with Crippen molar-refractivity contribution in [3.8, 4) is 11.3 Å². The van der Waals surface area contributed by atoms with Gasteiger partial charge in [-0.15, -0.1) is 0 Å². The van der Waals surface area contributed by atoms with Gasteiger partial charge in [-0.3, -0.25) is 0 Å². The van der Waals surface area contributed by atoms with E-state index in [1.54, 1.807) is 6.07 Å². The van der Waals surface area contributed by atoms with E-state index in [-0.39, 0.29) is 5.28 Å². The molecule has 4 rings (SSSR count). The van der Waals surface area contributed by atoms with Gasteiger partial charge in [-0.2, -0.15) is 13.2 Å². The summed E-state index contributed by atoms with van der Waals surface area (Å²) in [6, 6.07) is 12.6. The van der Waals surface area contributed by atoms with Crippen molar-refractivity contribution < 1.29 is 13.2 Å². The molecule has 0 amide bonds. The van der Waals surface area contributed by atoms with Crippen LogP contribution >= 0.6 is 11.6 Å². The summed E-state index contributed by atoms with van der Waals surface area (Å²) in [6.45, 7) is 0. The lowest BCUT2D eigenvalue weighted by molar-refractivity contribution is -0.137. The van der Waals surface area contributed by atoms with E-state index in [4.69, 9.17) is 11.6 Å². The van der Waals surface area contributed by atoms with E-state index in [1.807, 2.05) is 12.1 Å². The number of halogens is 4. The molecule has 138 valence electrons. The average Bonchev–Trinajstić information content (AvgIpc) is 3.10. The van der Waals surface area contributed by atoms with Crippen molar-refractivity contribution in [1.82, 2.24) is 9.97 Å². The molecular formula is C20H15ClF3N3. The van der Waals surface area contributed by atoms with Crippen molar-refractivity contribution in [2.24, 2.45) is 0 Å².